The number of carbonyl (C=O) groups is 1. The second-order valence-electron chi connectivity index (χ2n) is 6.85. The van der Waals surface area contributed by atoms with Crippen LogP contribution in [0.4, 0.5) is 14.9 Å². The predicted octanol–water partition coefficient (Wildman–Crippen LogP) is 3.33. The molecule has 2 aromatic carbocycles. The first-order valence-electron chi connectivity index (χ1n) is 9.28. The van der Waals surface area contributed by atoms with E-state index >= 15 is 0 Å². The molecule has 0 aliphatic carbocycles. The highest BCUT2D eigenvalue weighted by atomic mass is 32.2. The topological polar surface area (TPSA) is 78.5 Å². The van der Waals surface area contributed by atoms with E-state index in [1.807, 2.05) is 18.2 Å². The Balaban J connectivity index is 1.62. The van der Waals surface area contributed by atoms with Gasteiger partial charge < -0.3 is 10.6 Å². The molecule has 0 unspecified atom stereocenters. The predicted molar refractivity (Wildman–Crippen MR) is 107 cm³/mol. The van der Waals surface area contributed by atoms with Gasteiger partial charge in [0.1, 0.15) is 5.82 Å². The number of carbonyl (C=O) groups excluding carboxylic acids is 1. The number of hydrogen-bond donors (Lipinski definition) is 2. The zero-order chi connectivity index (χ0) is 20.0. The minimum absolute atomic E-state index is 0.223. The number of rotatable bonds is 6. The minimum Gasteiger partial charge on any atom is -0.336 e. The molecular formula is C20H24FN3O3S. The van der Waals surface area contributed by atoms with Crippen LogP contribution in [0, 0.1) is 5.82 Å². The monoisotopic (exact) mass is 405 g/mol. The largest absolute Gasteiger partial charge is 0.336 e. The van der Waals surface area contributed by atoms with Crippen molar-refractivity contribution in [3.8, 4) is 0 Å². The summed E-state index contributed by atoms with van der Waals surface area (Å²) < 4.78 is 40.6. The lowest BCUT2D eigenvalue weighted by molar-refractivity contribution is 0.231. The number of para-hydroxylation sites is 1. The van der Waals surface area contributed by atoms with Crippen molar-refractivity contribution >= 4 is 21.7 Å². The number of sulfonamides is 1. The van der Waals surface area contributed by atoms with E-state index in [1.54, 1.807) is 18.2 Å². The molecule has 2 N–H and O–H groups in total. The summed E-state index contributed by atoms with van der Waals surface area (Å²) in [6.07, 6.45) is 2.35. The van der Waals surface area contributed by atoms with E-state index < -0.39 is 15.8 Å². The molecule has 150 valence electrons. The fourth-order valence-electron chi connectivity index (χ4n) is 3.37. The van der Waals surface area contributed by atoms with Gasteiger partial charge in [-0.15, -0.1) is 0 Å². The van der Waals surface area contributed by atoms with Crippen LogP contribution in [-0.2, 0) is 15.8 Å². The Morgan fingerprint density at radius 2 is 1.89 bits per heavy atom. The first-order chi connectivity index (χ1) is 13.4. The van der Waals surface area contributed by atoms with Crippen LogP contribution in [0.5, 0.6) is 0 Å². The lowest BCUT2D eigenvalue weighted by Gasteiger charge is -2.34. The van der Waals surface area contributed by atoms with Crippen LogP contribution in [0.15, 0.2) is 54.6 Å². The van der Waals surface area contributed by atoms with Crippen LogP contribution in [0.3, 0.4) is 0 Å². The lowest BCUT2D eigenvalue weighted by atomic mass is 10.1. The van der Waals surface area contributed by atoms with Gasteiger partial charge >= 0.3 is 6.03 Å². The number of amides is 2. The third-order valence-corrected chi connectivity index (χ3v) is 6.59. The van der Waals surface area contributed by atoms with Crippen molar-refractivity contribution in [2.45, 2.75) is 31.1 Å². The minimum atomic E-state index is -3.61. The Morgan fingerprint density at radius 3 is 2.64 bits per heavy atom. The number of piperidine rings is 1. The molecule has 28 heavy (non-hydrogen) atoms. The molecule has 1 atom stereocenters. The van der Waals surface area contributed by atoms with Crippen LogP contribution in [0.1, 0.15) is 24.8 Å². The highest BCUT2D eigenvalue weighted by Gasteiger charge is 2.32. The Bertz CT molecular complexity index is 906. The molecule has 1 saturated heterocycles. The zero-order valence-corrected chi connectivity index (χ0v) is 16.3. The van der Waals surface area contributed by atoms with Gasteiger partial charge in [-0.25, -0.2) is 17.6 Å². The normalized spacial score (nSPS) is 17.8. The van der Waals surface area contributed by atoms with Crippen LogP contribution in [0.2, 0.25) is 0 Å². The number of anilines is 1. The van der Waals surface area contributed by atoms with E-state index in [0.29, 0.717) is 24.2 Å². The third kappa shape index (κ3) is 5.53. The van der Waals surface area contributed by atoms with Crippen molar-refractivity contribution in [2.75, 3.05) is 18.4 Å². The molecule has 6 nitrogen and oxygen atoms in total. The molecule has 1 heterocycles. The number of nitrogens with zero attached hydrogens (tertiary/aromatic N) is 1. The summed E-state index contributed by atoms with van der Waals surface area (Å²) in [7, 11) is -3.61. The average Bonchev–Trinajstić information content (AvgIpc) is 2.67. The van der Waals surface area contributed by atoms with Crippen molar-refractivity contribution in [1.82, 2.24) is 9.62 Å². The molecule has 1 aliphatic heterocycles. The molecule has 0 spiro atoms. The SMILES string of the molecule is O=C(NC[C@H]1CCCCN1S(=O)(=O)Cc1cccc(F)c1)Nc1ccccc1. The summed E-state index contributed by atoms with van der Waals surface area (Å²) in [5, 5.41) is 5.48. The van der Waals surface area contributed by atoms with E-state index in [1.165, 1.54) is 22.5 Å². The van der Waals surface area contributed by atoms with Crippen molar-refractivity contribution in [2.24, 2.45) is 0 Å². The number of halogens is 1. The number of urea groups is 1. The molecule has 1 fully saturated rings. The third-order valence-electron chi connectivity index (χ3n) is 4.70. The van der Waals surface area contributed by atoms with Crippen molar-refractivity contribution in [3.05, 3.63) is 66.0 Å². The molecular weight excluding hydrogens is 381 g/mol. The van der Waals surface area contributed by atoms with Gasteiger partial charge in [0.15, 0.2) is 0 Å². The lowest BCUT2D eigenvalue weighted by Crippen LogP contribution is -2.50. The van der Waals surface area contributed by atoms with E-state index in [9.17, 15) is 17.6 Å². The number of nitrogens with one attached hydrogen (secondary N) is 2. The van der Waals surface area contributed by atoms with E-state index in [-0.39, 0.29) is 24.4 Å². The number of hydrogen-bond acceptors (Lipinski definition) is 3. The van der Waals surface area contributed by atoms with Crippen LogP contribution in [-0.4, -0.2) is 37.9 Å². The Morgan fingerprint density at radius 1 is 1.11 bits per heavy atom. The molecule has 0 bridgehead atoms. The molecule has 3 rings (SSSR count). The molecule has 0 radical (unpaired) electrons. The van der Waals surface area contributed by atoms with Gasteiger partial charge in [-0.05, 0) is 42.7 Å². The van der Waals surface area contributed by atoms with Gasteiger partial charge in [-0.1, -0.05) is 36.8 Å². The smallest absolute Gasteiger partial charge is 0.319 e. The molecule has 2 aromatic rings. The standard InChI is InChI=1S/C20H24FN3O3S/c21-17-8-6-7-16(13-17)15-28(26,27)24-12-5-4-11-19(24)14-22-20(25)23-18-9-2-1-3-10-18/h1-3,6-10,13,19H,4-5,11-12,14-15H2,(H2,22,23,25)/t19-/m1/s1. The Labute approximate surface area is 164 Å². The van der Waals surface area contributed by atoms with E-state index in [0.717, 1.165) is 12.8 Å². The zero-order valence-electron chi connectivity index (χ0n) is 15.5. The summed E-state index contributed by atoms with van der Waals surface area (Å²) in [5.74, 6) is -0.709. The highest BCUT2D eigenvalue weighted by Crippen LogP contribution is 2.23. The van der Waals surface area contributed by atoms with E-state index in [4.69, 9.17) is 0 Å². The van der Waals surface area contributed by atoms with Gasteiger partial charge in [-0.2, -0.15) is 4.31 Å². The van der Waals surface area contributed by atoms with Crippen LogP contribution in [0.25, 0.3) is 0 Å². The molecule has 8 heteroatoms. The van der Waals surface area contributed by atoms with Crippen molar-refractivity contribution < 1.29 is 17.6 Å². The maximum absolute atomic E-state index is 13.4. The summed E-state index contributed by atoms with van der Waals surface area (Å²) in [6, 6.07) is 14.0. The van der Waals surface area contributed by atoms with Gasteiger partial charge in [0.2, 0.25) is 10.0 Å². The van der Waals surface area contributed by atoms with Crippen LogP contribution < -0.4 is 10.6 Å². The molecule has 1 aliphatic rings. The molecule has 0 aromatic heterocycles. The van der Waals surface area contributed by atoms with Crippen molar-refractivity contribution in [3.63, 3.8) is 0 Å². The molecule has 2 amide bonds. The van der Waals surface area contributed by atoms with Gasteiger partial charge in [0, 0.05) is 24.8 Å². The number of benzene rings is 2. The van der Waals surface area contributed by atoms with E-state index in [2.05, 4.69) is 10.6 Å². The highest BCUT2D eigenvalue weighted by molar-refractivity contribution is 7.88. The summed E-state index contributed by atoms with van der Waals surface area (Å²) in [5.41, 5.74) is 1.08. The second kappa shape index (κ2) is 9.16. The Hall–Kier alpha value is -2.45. The van der Waals surface area contributed by atoms with Gasteiger partial charge in [-0.3, -0.25) is 0 Å². The van der Waals surface area contributed by atoms with Gasteiger partial charge in [0.25, 0.3) is 0 Å². The summed E-state index contributed by atoms with van der Waals surface area (Å²) in [6.45, 7) is 0.630. The van der Waals surface area contributed by atoms with Crippen molar-refractivity contribution in [1.29, 1.82) is 0 Å². The maximum Gasteiger partial charge on any atom is 0.319 e. The fraction of sp³-hybridized carbons (Fsp3) is 0.350. The second-order valence-corrected chi connectivity index (χ2v) is 8.77. The summed E-state index contributed by atoms with van der Waals surface area (Å²) >= 11 is 0. The summed E-state index contributed by atoms with van der Waals surface area (Å²) in [4.78, 5) is 12.1. The maximum atomic E-state index is 13.4. The molecule has 0 saturated carbocycles. The average molecular weight is 405 g/mol. The van der Waals surface area contributed by atoms with Crippen LogP contribution >= 0.6 is 0 Å². The van der Waals surface area contributed by atoms with Gasteiger partial charge in [0.05, 0.1) is 5.75 Å². The quantitative estimate of drug-likeness (QED) is 0.774. The Kier molecular flexibility index (Phi) is 6.64. The first kappa shape index (κ1) is 20.3. The fourth-order valence-corrected chi connectivity index (χ4v) is 5.18. The first-order valence-corrected chi connectivity index (χ1v) is 10.9.